The van der Waals surface area contributed by atoms with Gasteiger partial charge >= 0.3 is 0 Å². The Kier molecular flexibility index (Phi) is 6.28. The second-order valence-corrected chi connectivity index (χ2v) is 8.40. The lowest BCUT2D eigenvalue weighted by molar-refractivity contribution is -0.119. The largest absolute Gasteiger partial charge is 0.467 e. The first-order valence-corrected chi connectivity index (χ1v) is 10.4. The van der Waals surface area contributed by atoms with E-state index in [0.717, 1.165) is 4.31 Å². The highest BCUT2D eigenvalue weighted by Crippen LogP contribution is 2.35. The fraction of sp³-hybridized carbons (Fsp3) is 0.105. The lowest BCUT2D eigenvalue weighted by Crippen LogP contribution is -2.40. The maximum atomic E-state index is 13.2. The van der Waals surface area contributed by atoms with Gasteiger partial charge in [-0.15, -0.1) is 0 Å². The van der Waals surface area contributed by atoms with Gasteiger partial charge in [-0.3, -0.25) is 9.10 Å². The molecule has 3 aromatic rings. The number of rotatable bonds is 7. The van der Waals surface area contributed by atoms with Gasteiger partial charge in [0.25, 0.3) is 10.0 Å². The molecule has 28 heavy (non-hydrogen) atoms. The van der Waals surface area contributed by atoms with E-state index in [1.54, 1.807) is 36.4 Å². The van der Waals surface area contributed by atoms with Crippen molar-refractivity contribution in [3.05, 3.63) is 82.7 Å². The normalized spacial score (nSPS) is 11.2. The lowest BCUT2D eigenvalue weighted by atomic mass is 10.3. The quantitative estimate of drug-likeness (QED) is 0.601. The van der Waals surface area contributed by atoms with Gasteiger partial charge in [0.05, 0.1) is 33.4 Å². The highest BCUT2D eigenvalue weighted by Gasteiger charge is 2.29. The molecule has 0 saturated heterocycles. The molecule has 3 rings (SSSR count). The summed E-state index contributed by atoms with van der Waals surface area (Å²) in [6.07, 6.45) is 1.49. The minimum absolute atomic E-state index is 0.0323. The number of carbonyl (C=O) groups excluding carboxylic acids is 1. The van der Waals surface area contributed by atoms with Crippen molar-refractivity contribution in [2.24, 2.45) is 0 Å². The number of amides is 1. The third-order valence-corrected chi connectivity index (χ3v) is 6.44. The average Bonchev–Trinajstić information content (AvgIpc) is 3.21. The molecule has 6 nitrogen and oxygen atoms in total. The van der Waals surface area contributed by atoms with E-state index in [1.165, 1.54) is 30.5 Å². The van der Waals surface area contributed by atoms with Crippen LogP contribution < -0.4 is 9.62 Å². The summed E-state index contributed by atoms with van der Waals surface area (Å²) in [7, 11) is -4.05. The molecule has 0 saturated carbocycles. The van der Waals surface area contributed by atoms with Gasteiger partial charge in [0, 0.05) is 0 Å². The summed E-state index contributed by atoms with van der Waals surface area (Å²) >= 11 is 12.3. The zero-order valence-electron chi connectivity index (χ0n) is 14.5. The number of anilines is 1. The maximum absolute atomic E-state index is 13.2. The van der Waals surface area contributed by atoms with Crippen molar-refractivity contribution < 1.29 is 17.6 Å². The van der Waals surface area contributed by atoms with Crippen molar-refractivity contribution in [1.29, 1.82) is 0 Å². The Morgan fingerprint density at radius 2 is 1.75 bits per heavy atom. The predicted molar refractivity (Wildman–Crippen MR) is 108 cm³/mol. The van der Waals surface area contributed by atoms with Gasteiger partial charge in [-0.05, 0) is 36.4 Å². The highest BCUT2D eigenvalue weighted by molar-refractivity contribution is 7.92. The molecule has 0 atom stereocenters. The third kappa shape index (κ3) is 4.49. The van der Waals surface area contributed by atoms with Crippen molar-refractivity contribution in [3.63, 3.8) is 0 Å². The Bertz CT molecular complexity index is 1050. The van der Waals surface area contributed by atoms with Crippen LogP contribution in [-0.2, 0) is 21.4 Å². The monoisotopic (exact) mass is 438 g/mol. The molecule has 0 unspecified atom stereocenters. The van der Waals surface area contributed by atoms with Crippen LogP contribution in [0, 0.1) is 0 Å². The molecule has 1 N–H and O–H groups in total. The Morgan fingerprint density at radius 3 is 2.43 bits per heavy atom. The third-order valence-electron chi connectivity index (χ3n) is 3.86. The summed E-state index contributed by atoms with van der Waals surface area (Å²) in [6, 6.07) is 15.8. The van der Waals surface area contributed by atoms with Crippen LogP contribution in [0.5, 0.6) is 0 Å². The number of nitrogens with one attached hydrogen (secondary N) is 1. The molecule has 1 heterocycles. The van der Waals surface area contributed by atoms with Gasteiger partial charge in [0.15, 0.2) is 0 Å². The van der Waals surface area contributed by atoms with Crippen molar-refractivity contribution >= 4 is 44.8 Å². The number of halogens is 2. The van der Waals surface area contributed by atoms with Crippen LogP contribution in [-0.4, -0.2) is 20.9 Å². The maximum Gasteiger partial charge on any atom is 0.264 e. The predicted octanol–water partition coefficient (Wildman–Crippen LogP) is 4.10. The van der Waals surface area contributed by atoms with Crippen LogP contribution in [0.15, 0.2) is 76.2 Å². The molecular weight excluding hydrogens is 423 g/mol. The first-order chi connectivity index (χ1) is 13.4. The van der Waals surface area contributed by atoms with Gasteiger partial charge in [0.2, 0.25) is 5.91 Å². The second-order valence-electron chi connectivity index (χ2n) is 5.75. The van der Waals surface area contributed by atoms with E-state index in [1.807, 2.05) is 0 Å². The topological polar surface area (TPSA) is 79.6 Å². The van der Waals surface area contributed by atoms with Crippen LogP contribution in [0.1, 0.15) is 5.76 Å². The number of carbonyl (C=O) groups is 1. The fourth-order valence-electron chi connectivity index (χ4n) is 2.49. The van der Waals surface area contributed by atoms with Crippen molar-refractivity contribution in [3.8, 4) is 0 Å². The SMILES string of the molecule is O=C(CN(c1cccc(Cl)c1Cl)S(=O)(=O)c1ccccc1)NCc1ccco1. The van der Waals surface area contributed by atoms with Crippen LogP contribution in [0.25, 0.3) is 0 Å². The Balaban J connectivity index is 1.93. The molecule has 1 amide bonds. The molecule has 0 aliphatic carbocycles. The molecule has 0 bridgehead atoms. The van der Waals surface area contributed by atoms with E-state index in [2.05, 4.69) is 5.32 Å². The van der Waals surface area contributed by atoms with Crippen molar-refractivity contribution in [2.75, 3.05) is 10.8 Å². The highest BCUT2D eigenvalue weighted by atomic mass is 35.5. The summed E-state index contributed by atoms with van der Waals surface area (Å²) in [6.45, 7) is -0.341. The van der Waals surface area contributed by atoms with E-state index < -0.39 is 22.5 Å². The van der Waals surface area contributed by atoms with E-state index in [-0.39, 0.29) is 27.2 Å². The number of hydrogen-bond donors (Lipinski definition) is 1. The molecule has 0 fully saturated rings. The molecule has 1 aromatic heterocycles. The molecule has 146 valence electrons. The van der Waals surface area contributed by atoms with Crippen LogP contribution in [0.4, 0.5) is 5.69 Å². The molecule has 9 heteroatoms. The number of sulfonamides is 1. The van der Waals surface area contributed by atoms with Gasteiger partial charge in [-0.1, -0.05) is 47.5 Å². The van der Waals surface area contributed by atoms with Crippen molar-refractivity contribution in [2.45, 2.75) is 11.4 Å². The molecule has 2 aromatic carbocycles. The molecule has 0 aliphatic heterocycles. The number of benzene rings is 2. The van der Waals surface area contributed by atoms with Gasteiger partial charge in [-0.25, -0.2) is 8.42 Å². The Hall–Kier alpha value is -2.48. The Labute approximate surface area is 172 Å². The fourth-order valence-corrected chi connectivity index (χ4v) is 4.39. The minimum Gasteiger partial charge on any atom is -0.467 e. The smallest absolute Gasteiger partial charge is 0.264 e. The number of nitrogens with zero attached hydrogens (tertiary/aromatic N) is 1. The average molecular weight is 439 g/mol. The molecule has 0 radical (unpaired) electrons. The van der Waals surface area contributed by atoms with E-state index >= 15 is 0 Å². The molecular formula is C19H16Cl2N2O4S. The van der Waals surface area contributed by atoms with E-state index in [4.69, 9.17) is 27.6 Å². The summed E-state index contributed by atoms with van der Waals surface area (Å²) in [5.74, 6) is 0.0264. The zero-order valence-corrected chi connectivity index (χ0v) is 16.8. The lowest BCUT2D eigenvalue weighted by Gasteiger charge is -2.25. The van der Waals surface area contributed by atoms with Crippen molar-refractivity contribution in [1.82, 2.24) is 5.32 Å². The van der Waals surface area contributed by atoms with Gasteiger partial charge < -0.3 is 9.73 Å². The second kappa shape index (κ2) is 8.68. The molecule has 0 spiro atoms. The van der Waals surface area contributed by atoms with Crippen LogP contribution >= 0.6 is 23.2 Å². The van der Waals surface area contributed by atoms with Crippen LogP contribution in [0.3, 0.4) is 0 Å². The summed E-state index contributed by atoms with van der Waals surface area (Å²) in [5, 5.41) is 2.86. The zero-order chi connectivity index (χ0) is 20.1. The molecule has 0 aliphatic rings. The number of furan rings is 1. The summed E-state index contributed by atoms with van der Waals surface area (Å²) < 4.78 is 32.5. The number of hydrogen-bond acceptors (Lipinski definition) is 4. The van der Waals surface area contributed by atoms with E-state index in [9.17, 15) is 13.2 Å². The van der Waals surface area contributed by atoms with E-state index in [0.29, 0.717) is 5.76 Å². The first-order valence-electron chi connectivity index (χ1n) is 8.20. The minimum atomic E-state index is -4.05. The standard InChI is InChI=1S/C19H16Cl2N2O4S/c20-16-9-4-10-17(19(16)21)23(28(25,26)15-7-2-1-3-8-15)13-18(24)22-12-14-6-5-11-27-14/h1-11H,12-13H2,(H,22,24). The van der Waals surface area contributed by atoms with Crippen LogP contribution in [0.2, 0.25) is 10.0 Å². The summed E-state index contributed by atoms with van der Waals surface area (Å²) in [5.41, 5.74) is 0.117. The van der Waals surface area contributed by atoms with Gasteiger partial charge in [0.1, 0.15) is 12.3 Å². The van der Waals surface area contributed by atoms with Gasteiger partial charge in [-0.2, -0.15) is 0 Å². The summed E-state index contributed by atoms with van der Waals surface area (Å²) in [4.78, 5) is 12.5. The Morgan fingerprint density at radius 1 is 1.00 bits per heavy atom. The first kappa shape index (κ1) is 20.3.